The van der Waals surface area contributed by atoms with E-state index < -0.39 is 0 Å². The van der Waals surface area contributed by atoms with Gasteiger partial charge in [0.1, 0.15) is 0 Å². The number of hydrogen-bond acceptors (Lipinski definition) is 4. The highest BCUT2D eigenvalue weighted by molar-refractivity contribution is 5.94. The molecule has 0 saturated carbocycles. The quantitative estimate of drug-likeness (QED) is 0.777. The van der Waals surface area contributed by atoms with Crippen LogP contribution in [0.15, 0.2) is 11.6 Å². The summed E-state index contributed by atoms with van der Waals surface area (Å²) in [6.07, 6.45) is 5.31. The number of nitrogens with zero attached hydrogens (tertiary/aromatic N) is 2. The average molecular weight is 306 g/mol. The maximum Gasteiger partial charge on any atom is 0.249 e. The van der Waals surface area contributed by atoms with Crippen molar-refractivity contribution in [2.75, 3.05) is 59.2 Å². The van der Waals surface area contributed by atoms with Crippen molar-refractivity contribution in [2.24, 2.45) is 11.3 Å². The Morgan fingerprint density at radius 2 is 2.18 bits per heavy atom. The van der Waals surface area contributed by atoms with E-state index in [1.807, 2.05) is 0 Å². The van der Waals surface area contributed by atoms with Crippen molar-refractivity contribution in [1.82, 2.24) is 9.80 Å². The molecule has 4 aliphatic rings. The predicted molar refractivity (Wildman–Crippen MR) is 82.5 cm³/mol. The highest BCUT2D eigenvalue weighted by atomic mass is 16.5. The highest BCUT2D eigenvalue weighted by Crippen LogP contribution is 2.42. The second kappa shape index (κ2) is 5.95. The van der Waals surface area contributed by atoms with Crippen LogP contribution >= 0.6 is 0 Å². The Balaban J connectivity index is 1.45. The Labute approximate surface area is 132 Å². The summed E-state index contributed by atoms with van der Waals surface area (Å²) in [6.45, 7) is 8.08. The number of amides is 1. The van der Waals surface area contributed by atoms with Crippen LogP contribution in [0, 0.1) is 11.3 Å². The van der Waals surface area contributed by atoms with Gasteiger partial charge in [0.2, 0.25) is 5.91 Å². The van der Waals surface area contributed by atoms with Crippen LogP contribution < -0.4 is 0 Å². The molecule has 0 N–H and O–H groups in total. The highest BCUT2D eigenvalue weighted by Gasteiger charge is 2.52. The summed E-state index contributed by atoms with van der Waals surface area (Å²) in [5, 5.41) is 0. The van der Waals surface area contributed by atoms with Crippen molar-refractivity contribution in [2.45, 2.75) is 19.3 Å². The Morgan fingerprint density at radius 1 is 1.32 bits per heavy atom. The lowest BCUT2D eigenvalue weighted by molar-refractivity contribution is -0.127. The number of carbonyl (C=O) groups excluding carboxylic acids is 1. The van der Waals surface area contributed by atoms with Crippen LogP contribution in [0.2, 0.25) is 0 Å². The molecule has 5 nitrogen and oxygen atoms in total. The van der Waals surface area contributed by atoms with E-state index >= 15 is 0 Å². The summed E-state index contributed by atoms with van der Waals surface area (Å²) < 4.78 is 11.3. The standard InChI is InChI=1S/C17H26N2O3/c20-16(14-3-1-2-4-14)19-9-15-10-22-13-17(15,12-19)11-18-5-7-21-8-6-18/h3,15H,1-2,4-13H2/t15-,17+/m1/s1. The summed E-state index contributed by atoms with van der Waals surface area (Å²) in [5.74, 6) is 0.787. The number of hydrogen-bond donors (Lipinski definition) is 0. The Hall–Kier alpha value is -0.910. The SMILES string of the molecule is O=C(C1=CCCC1)N1C[C@@H]2COC[C@]2(CN2CCOCC2)C1. The van der Waals surface area contributed by atoms with Crippen molar-refractivity contribution >= 4 is 5.91 Å². The van der Waals surface area contributed by atoms with Crippen molar-refractivity contribution < 1.29 is 14.3 Å². The minimum absolute atomic E-state index is 0.145. The van der Waals surface area contributed by atoms with Crippen molar-refractivity contribution in [1.29, 1.82) is 0 Å². The van der Waals surface area contributed by atoms with E-state index in [2.05, 4.69) is 15.9 Å². The number of fused-ring (bicyclic) bond motifs is 1. The van der Waals surface area contributed by atoms with Crippen molar-refractivity contribution in [3.8, 4) is 0 Å². The van der Waals surface area contributed by atoms with Gasteiger partial charge in [-0.1, -0.05) is 6.08 Å². The van der Waals surface area contributed by atoms with E-state index in [0.29, 0.717) is 5.92 Å². The molecular weight excluding hydrogens is 280 g/mol. The summed E-state index contributed by atoms with van der Waals surface area (Å²) in [6, 6.07) is 0. The van der Waals surface area contributed by atoms with Gasteiger partial charge < -0.3 is 14.4 Å². The summed E-state index contributed by atoms with van der Waals surface area (Å²) >= 11 is 0. The molecule has 3 heterocycles. The largest absolute Gasteiger partial charge is 0.380 e. The lowest BCUT2D eigenvalue weighted by atomic mass is 9.80. The van der Waals surface area contributed by atoms with Gasteiger partial charge in [-0.15, -0.1) is 0 Å². The molecule has 22 heavy (non-hydrogen) atoms. The number of likely N-dealkylation sites (tertiary alicyclic amines) is 1. The van der Waals surface area contributed by atoms with E-state index in [1.165, 1.54) is 0 Å². The molecule has 0 radical (unpaired) electrons. The van der Waals surface area contributed by atoms with Crippen LogP contribution in [0.25, 0.3) is 0 Å². The lowest BCUT2D eigenvalue weighted by Crippen LogP contribution is -2.47. The third kappa shape index (κ3) is 2.59. The van der Waals surface area contributed by atoms with E-state index in [0.717, 1.165) is 84.0 Å². The first-order valence-corrected chi connectivity index (χ1v) is 8.63. The van der Waals surface area contributed by atoms with Gasteiger partial charge in [-0.25, -0.2) is 0 Å². The molecule has 5 heteroatoms. The van der Waals surface area contributed by atoms with Gasteiger partial charge in [-0.3, -0.25) is 9.69 Å². The summed E-state index contributed by atoms with van der Waals surface area (Å²) in [7, 11) is 0. The minimum atomic E-state index is 0.145. The van der Waals surface area contributed by atoms with Crippen LogP contribution in [0.3, 0.4) is 0 Å². The first kappa shape index (κ1) is 14.7. The van der Waals surface area contributed by atoms with Gasteiger partial charge in [0.05, 0.1) is 26.4 Å². The normalized spacial score (nSPS) is 35.7. The van der Waals surface area contributed by atoms with E-state index in [4.69, 9.17) is 9.47 Å². The van der Waals surface area contributed by atoms with Gasteiger partial charge >= 0.3 is 0 Å². The van der Waals surface area contributed by atoms with Gasteiger partial charge in [-0.2, -0.15) is 0 Å². The van der Waals surface area contributed by atoms with Crippen molar-refractivity contribution in [3.05, 3.63) is 11.6 Å². The third-order valence-electron chi connectivity index (χ3n) is 5.77. The minimum Gasteiger partial charge on any atom is -0.380 e. The van der Waals surface area contributed by atoms with Gasteiger partial charge in [0.15, 0.2) is 0 Å². The molecule has 0 bridgehead atoms. The fraction of sp³-hybridized carbons (Fsp3) is 0.824. The van der Waals surface area contributed by atoms with Gasteiger partial charge in [0.25, 0.3) is 0 Å². The fourth-order valence-corrected chi connectivity index (χ4v) is 4.48. The Kier molecular flexibility index (Phi) is 3.96. The molecule has 0 aromatic carbocycles. The predicted octanol–water partition coefficient (Wildman–Crippen LogP) is 0.904. The molecule has 0 aromatic rings. The Bertz CT molecular complexity index is 473. The first-order chi connectivity index (χ1) is 10.8. The van der Waals surface area contributed by atoms with Crippen LogP contribution in [0.1, 0.15) is 19.3 Å². The molecular formula is C17H26N2O3. The number of carbonyl (C=O) groups is 1. The number of morpholine rings is 1. The molecule has 3 aliphatic heterocycles. The summed E-state index contributed by atoms with van der Waals surface area (Å²) in [5.41, 5.74) is 1.19. The summed E-state index contributed by atoms with van der Waals surface area (Å²) in [4.78, 5) is 17.3. The zero-order valence-electron chi connectivity index (χ0n) is 13.3. The second-order valence-electron chi connectivity index (χ2n) is 7.27. The fourth-order valence-electron chi connectivity index (χ4n) is 4.48. The van der Waals surface area contributed by atoms with E-state index in [-0.39, 0.29) is 11.3 Å². The number of allylic oxidation sites excluding steroid dienone is 1. The van der Waals surface area contributed by atoms with E-state index in [1.54, 1.807) is 0 Å². The zero-order chi connectivity index (χ0) is 15.0. The molecule has 122 valence electrons. The first-order valence-electron chi connectivity index (χ1n) is 8.63. The molecule has 4 rings (SSSR count). The third-order valence-corrected chi connectivity index (χ3v) is 5.77. The number of rotatable bonds is 3. The molecule has 3 fully saturated rings. The smallest absolute Gasteiger partial charge is 0.249 e. The molecule has 0 unspecified atom stereocenters. The molecule has 1 amide bonds. The van der Waals surface area contributed by atoms with Crippen LogP contribution in [0.5, 0.6) is 0 Å². The van der Waals surface area contributed by atoms with Crippen LogP contribution in [-0.2, 0) is 14.3 Å². The molecule has 2 atom stereocenters. The molecule has 1 aliphatic carbocycles. The Morgan fingerprint density at radius 3 is 2.95 bits per heavy atom. The topological polar surface area (TPSA) is 42.0 Å². The average Bonchev–Trinajstić information content (AvgIpc) is 3.22. The van der Waals surface area contributed by atoms with Crippen molar-refractivity contribution in [3.63, 3.8) is 0 Å². The molecule has 0 aromatic heterocycles. The van der Waals surface area contributed by atoms with E-state index in [9.17, 15) is 4.79 Å². The molecule has 0 spiro atoms. The number of ether oxygens (including phenoxy) is 2. The zero-order valence-corrected chi connectivity index (χ0v) is 13.3. The second-order valence-corrected chi connectivity index (χ2v) is 7.27. The van der Waals surface area contributed by atoms with Gasteiger partial charge in [-0.05, 0) is 19.3 Å². The van der Waals surface area contributed by atoms with Gasteiger partial charge in [0, 0.05) is 49.6 Å². The maximum atomic E-state index is 12.7. The monoisotopic (exact) mass is 306 g/mol. The lowest BCUT2D eigenvalue weighted by Gasteiger charge is -2.36. The molecule has 3 saturated heterocycles. The van der Waals surface area contributed by atoms with Crippen LogP contribution in [0.4, 0.5) is 0 Å². The maximum absolute atomic E-state index is 12.7. The van der Waals surface area contributed by atoms with Crippen LogP contribution in [-0.4, -0.2) is 74.9 Å².